The minimum atomic E-state index is -0.868. The molecule has 0 radical (unpaired) electrons. The molecule has 0 aromatic carbocycles. The van der Waals surface area contributed by atoms with Gasteiger partial charge in [0.2, 0.25) is 5.91 Å². The van der Waals surface area contributed by atoms with Gasteiger partial charge in [0, 0.05) is 6.42 Å². The van der Waals surface area contributed by atoms with Crippen molar-refractivity contribution in [1.82, 2.24) is 5.32 Å². The first kappa shape index (κ1) is 68.0. The van der Waals surface area contributed by atoms with Crippen LogP contribution in [0.25, 0.3) is 0 Å². The molecule has 1 amide bonds. The van der Waals surface area contributed by atoms with Crippen LogP contribution in [0.1, 0.15) is 290 Å². The fourth-order valence-corrected chi connectivity index (χ4v) is 8.88. The van der Waals surface area contributed by atoms with E-state index in [0.717, 1.165) is 77.0 Å². The molecular weight excluding hydrogens is 867 g/mol. The predicted molar refractivity (Wildman–Crippen MR) is 317 cm³/mol. The largest absolute Gasteiger partial charge is 0.394 e. The third-order valence-electron chi connectivity index (χ3n) is 13.5. The van der Waals surface area contributed by atoms with Crippen molar-refractivity contribution >= 4 is 5.91 Å². The molecule has 0 aliphatic rings. The van der Waals surface area contributed by atoms with Crippen LogP contribution in [0.4, 0.5) is 0 Å². The zero-order valence-electron chi connectivity index (χ0n) is 47.0. The number of aliphatic hydroxyl groups excluding tert-OH is 2. The summed E-state index contributed by atoms with van der Waals surface area (Å²) in [6.45, 7) is 4.20. The maximum absolute atomic E-state index is 12.5. The summed E-state index contributed by atoms with van der Waals surface area (Å²) in [5, 5.41) is 23.2. The predicted octanol–water partition coefficient (Wildman–Crippen LogP) is 20.6. The van der Waals surface area contributed by atoms with Crippen molar-refractivity contribution in [2.75, 3.05) is 6.61 Å². The Bertz CT molecular complexity index is 1350. The molecule has 2 atom stereocenters. The summed E-state index contributed by atoms with van der Waals surface area (Å²) in [4.78, 5) is 12.5. The molecule has 0 fully saturated rings. The van der Waals surface area contributed by atoms with E-state index in [1.165, 1.54) is 193 Å². The second-order valence-electron chi connectivity index (χ2n) is 20.4. The van der Waals surface area contributed by atoms with Crippen LogP contribution in [-0.2, 0) is 4.79 Å². The van der Waals surface area contributed by atoms with E-state index in [1.54, 1.807) is 6.08 Å². The van der Waals surface area contributed by atoms with E-state index >= 15 is 0 Å². The van der Waals surface area contributed by atoms with Crippen LogP contribution in [0.3, 0.4) is 0 Å². The van der Waals surface area contributed by atoms with Crippen molar-refractivity contribution in [1.29, 1.82) is 0 Å². The third-order valence-corrected chi connectivity index (χ3v) is 13.5. The van der Waals surface area contributed by atoms with Gasteiger partial charge >= 0.3 is 0 Å². The third kappa shape index (κ3) is 57.8. The summed E-state index contributed by atoms with van der Waals surface area (Å²) in [7, 11) is 0. The Morgan fingerprint density at radius 3 is 0.986 bits per heavy atom. The Balaban J connectivity index is 3.55. The van der Waals surface area contributed by atoms with E-state index in [-0.39, 0.29) is 12.5 Å². The molecule has 0 saturated carbocycles. The van der Waals surface area contributed by atoms with Crippen molar-refractivity contribution < 1.29 is 15.0 Å². The molecule has 0 aliphatic heterocycles. The molecule has 0 spiro atoms. The Hall–Kier alpha value is -2.95. The maximum Gasteiger partial charge on any atom is 0.220 e. The molecule has 0 aromatic rings. The average Bonchev–Trinajstić information content (AvgIpc) is 3.37. The van der Waals surface area contributed by atoms with Gasteiger partial charge in [-0.2, -0.15) is 0 Å². The lowest BCUT2D eigenvalue weighted by Gasteiger charge is -2.19. The Morgan fingerprint density at radius 2 is 0.634 bits per heavy atom. The van der Waals surface area contributed by atoms with Crippen molar-refractivity contribution in [3.8, 4) is 0 Å². The maximum atomic E-state index is 12.5. The lowest BCUT2D eigenvalue weighted by atomic mass is 10.0. The van der Waals surface area contributed by atoms with Crippen molar-refractivity contribution in [2.45, 2.75) is 302 Å². The van der Waals surface area contributed by atoms with E-state index in [9.17, 15) is 15.0 Å². The van der Waals surface area contributed by atoms with Gasteiger partial charge < -0.3 is 15.5 Å². The second-order valence-corrected chi connectivity index (χ2v) is 20.4. The van der Waals surface area contributed by atoms with Gasteiger partial charge in [0.25, 0.3) is 0 Å². The summed E-state index contributed by atoms with van der Waals surface area (Å²) in [6.07, 6.45) is 92.7. The van der Waals surface area contributed by atoms with E-state index < -0.39 is 12.1 Å². The number of carbonyl (C=O) groups excluding carboxylic acids is 1. The molecule has 4 heteroatoms. The van der Waals surface area contributed by atoms with Crippen LogP contribution in [0.15, 0.2) is 109 Å². The first-order valence-electron chi connectivity index (χ1n) is 30.6. The van der Waals surface area contributed by atoms with Crippen molar-refractivity contribution in [2.24, 2.45) is 0 Å². The van der Waals surface area contributed by atoms with Gasteiger partial charge in [0.05, 0.1) is 18.8 Å². The van der Waals surface area contributed by atoms with Gasteiger partial charge in [-0.15, -0.1) is 0 Å². The van der Waals surface area contributed by atoms with Gasteiger partial charge in [0.1, 0.15) is 0 Å². The fraction of sp³-hybridized carbons (Fsp3) is 0.716. The molecule has 408 valence electrons. The molecule has 4 nitrogen and oxygen atoms in total. The topological polar surface area (TPSA) is 69.6 Å². The highest BCUT2D eigenvalue weighted by Gasteiger charge is 2.18. The van der Waals surface area contributed by atoms with E-state index in [0.29, 0.717) is 6.42 Å². The van der Waals surface area contributed by atoms with Gasteiger partial charge in [-0.3, -0.25) is 4.79 Å². The Labute approximate surface area is 442 Å². The number of rotatable bonds is 55. The molecular formula is C67H117NO3. The summed E-state index contributed by atoms with van der Waals surface area (Å²) >= 11 is 0. The number of hydrogen-bond acceptors (Lipinski definition) is 3. The molecule has 0 aliphatic carbocycles. The van der Waals surface area contributed by atoms with Gasteiger partial charge in [-0.25, -0.2) is 0 Å². The zero-order chi connectivity index (χ0) is 51.3. The summed E-state index contributed by atoms with van der Waals surface area (Å²) in [6, 6.07) is -0.646. The number of unbranched alkanes of at least 4 members (excludes halogenated alkanes) is 32. The summed E-state index contributed by atoms with van der Waals surface area (Å²) in [5.41, 5.74) is 0. The molecule has 3 N–H and O–H groups in total. The molecule has 0 bridgehead atoms. The van der Waals surface area contributed by atoms with Gasteiger partial charge in [0.15, 0.2) is 0 Å². The van der Waals surface area contributed by atoms with Gasteiger partial charge in [-0.1, -0.05) is 303 Å². The molecule has 0 rings (SSSR count). The van der Waals surface area contributed by atoms with Crippen LogP contribution < -0.4 is 5.32 Å². The SMILES string of the molecule is CC/C=C\C/C=C\C/C=C\C/C=C\C/C=C\C/C=C\C/C=C\CCCCCCCCCCCCCCCCCC(=O)NC(CO)C(O)/C=C/CC/C=C/CCCCCCCCCCCCCCCCCC. The number of amides is 1. The van der Waals surface area contributed by atoms with E-state index in [4.69, 9.17) is 0 Å². The number of hydrogen-bond donors (Lipinski definition) is 3. The van der Waals surface area contributed by atoms with Crippen LogP contribution in [0.5, 0.6) is 0 Å². The normalized spacial score (nSPS) is 13.6. The van der Waals surface area contributed by atoms with E-state index in [2.05, 4.69) is 116 Å². The van der Waals surface area contributed by atoms with E-state index in [1.807, 2.05) is 6.08 Å². The number of allylic oxidation sites excluding steroid dienone is 17. The number of nitrogens with one attached hydrogen (secondary N) is 1. The molecule has 0 heterocycles. The van der Waals surface area contributed by atoms with Crippen molar-refractivity contribution in [3.05, 3.63) is 109 Å². The fourth-order valence-electron chi connectivity index (χ4n) is 8.88. The van der Waals surface area contributed by atoms with Gasteiger partial charge in [-0.05, 0) is 89.9 Å². The van der Waals surface area contributed by atoms with Crippen molar-refractivity contribution in [3.63, 3.8) is 0 Å². The second kappa shape index (κ2) is 61.4. The zero-order valence-corrected chi connectivity index (χ0v) is 47.0. The minimum Gasteiger partial charge on any atom is -0.394 e. The summed E-state index contributed by atoms with van der Waals surface area (Å²) < 4.78 is 0. The smallest absolute Gasteiger partial charge is 0.220 e. The lowest BCUT2D eigenvalue weighted by Crippen LogP contribution is -2.45. The van der Waals surface area contributed by atoms with Crippen LogP contribution >= 0.6 is 0 Å². The molecule has 2 unspecified atom stereocenters. The monoisotopic (exact) mass is 984 g/mol. The lowest BCUT2D eigenvalue weighted by molar-refractivity contribution is -0.123. The van der Waals surface area contributed by atoms with Crippen LogP contribution in [0, 0.1) is 0 Å². The molecule has 71 heavy (non-hydrogen) atoms. The standard InChI is InChI=1S/C67H117NO3/c1-3-5-7-9-11-13-15-17-19-21-23-25-27-28-29-30-31-32-33-34-35-36-37-38-39-40-41-43-45-47-49-51-53-55-57-59-61-63-67(71)68-65(64-69)66(70)62-60-58-56-54-52-50-48-46-44-42-26-24-22-20-18-16-14-12-10-8-6-4-2/h5,7,11,13,17,19,23,25,28-29,31-32,34-35,52,54,60,62,65-66,69-70H,3-4,6,8-10,12,14-16,18,20-22,24,26-27,30,33,36-51,53,55-59,61,63-64H2,1-2H3,(H,68,71)/b7-5-,13-11-,19-17-,25-23-,29-28-,32-31-,35-34-,54-52+,62-60+. The highest BCUT2D eigenvalue weighted by atomic mass is 16.3. The van der Waals surface area contributed by atoms with Crippen LogP contribution in [-0.4, -0.2) is 34.9 Å². The quantitative estimate of drug-likeness (QED) is 0.0420. The first-order valence-corrected chi connectivity index (χ1v) is 30.6. The Morgan fingerprint density at radius 1 is 0.352 bits per heavy atom. The first-order chi connectivity index (χ1) is 35.2. The summed E-state index contributed by atoms with van der Waals surface area (Å²) in [5.74, 6) is -0.0749. The molecule has 0 saturated heterocycles. The highest BCUT2D eigenvalue weighted by Crippen LogP contribution is 2.16. The minimum absolute atomic E-state index is 0.0749. The molecule has 0 aromatic heterocycles. The highest BCUT2D eigenvalue weighted by molar-refractivity contribution is 5.76. The number of aliphatic hydroxyl groups is 2. The van der Waals surface area contributed by atoms with Crippen LogP contribution in [0.2, 0.25) is 0 Å². The average molecular weight is 985 g/mol. The Kier molecular flexibility index (Phi) is 58.8. The number of carbonyl (C=O) groups is 1.